The smallest absolute Gasteiger partial charge is 0.416 e. The Hall–Kier alpha value is -5.57. The van der Waals surface area contributed by atoms with Gasteiger partial charge in [-0.05, 0) is 43.4 Å². The van der Waals surface area contributed by atoms with Crippen molar-refractivity contribution >= 4 is 29.6 Å². The van der Waals surface area contributed by atoms with Gasteiger partial charge in [0, 0.05) is 48.2 Å². The minimum absolute atomic E-state index is 0.00739. The van der Waals surface area contributed by atoms with E-state index in [1.54, 1.807) is 22.0 Å². The molecule has 1 saturated carbocycles. The molecule has 4 heterocycles. The Morgan fingerprint density at radius 3 is 2.57 bits per heavy atom. The number of hydrogen-bond donors (Lipinski definition) is 2. The fraction of sp³-hybridized carbons (Fsp3) is 0.281. The molecule has 1 aromatic carbocycles. The highest BCUT2D eigenvalue weighted by atomic mass is 16.6. The van der Waals surface area contributed by atoms with E-state index in [1.807, 2.05) is 55.7 Å². The lowest BCUT2D eigenvalue weighted by Gasteiger charge is -2.36. The average Bonchev–Trinajstić information content (AvgIpc) is 3.69. The molecule has 2 aliphatic rings. The van der Waals surface area contributed by atoms with Crippen molar-refractivity contribution in [1.29, 1.82) is 5.26 Å². The van der Waals surface area contributed by atoms with Gasteiger partial charge in [-0.15, -0.1) is 0 Å². The summed E-state index contributed by atoms with van der Waals surface area (Å²) in [6.07, 6.45) is 10.7. The number of nitrogens with zero attached hydrogens (tertiary/aromatic N) is 8. The number of rotatable bonds is 8. The number of nitrogens with one attached hydrogen (secondary N) is 1. The Labute approximate surface area is 254 Å². The normalized spacial score (nSPS) is 17.7. The highest BCUT2D eigenvalue weighted by Gasteiger charge is 2.32. The number of ether oxygens (including phenoxy) is 1. The number of carbonyl (C=O) groups excluding carboxylic acids is 1. The number of benzene rings is 1. The van der Waals surface area contributed by atoms with Crippen molar-refractivity contribution in [3.05, 3.63) is 89.8 Å². The lowest BCUT2D eigenvalue weighted by molar-refractivity contribution is 0.142. The first-order chi connectivity index (χ1) is 21.5. The van der Waals surface area contributed by atoms with Crippen LogP contribution in [-0.4, -0.2) is 60.8 Å². The molecule has 0 saturated heterocycles. The molecule has 1 amide bonds. The summed E-state index contributed by atoms with van der Waals surface area (Å²) in [7, 11) is 1.86. The second kappa shape index (κ2) is 12.7. The van der Waals surface area contributed by atoms with Crippen molar-refractivity contribution in [2.75, 3.05) is 16.8 Å². The van der Waals surface area contributed by atoms with E-state index in [0.717, 1.165) is 29.5 Å². The van der Waals surface area contributed by atoms with Gasteiger partial charge in [0.05, 0.1) is 36.4 Å². The van der Waals surface area contributed by atoms with Crippen LogP contribution in [0.5, 0.6) is 0 Å². The molecule has 0 atom stereocenters. The van der Waals surface area contributed by atoms with Crippen molar-refractivity contribution in [2.24, 2.45) is 12.0 Å². The van der Waals surface area contributed by atoms with E-state index in [0.29, 0.717) is 35.9 Å². The third-order valence-corrected chi connectivity index (χ3v) is 7.80. The summed E-state index contributed by atoms with van der Waals surface area (Å²) in [5, 5.41) is 27.3. The Kier molecular flexibility index (Phi) is 8.27. The summed E-state index contributed by atoms with van der Waals surface area (Å²) in [5.41, 5.74) is 3.91. The Balaban J connectivity index is 1.16. The van der Waals surface area contributed by atoms with Crippen molar-refractivity contribution in [1.82, 2.24) is 24.7 Å². The molecule has 2 N–H and O–H groups in total. The predicted octanol–water partition coefficient (Wildman–Crippen LogP) is 5.06. The van der Waals surface area contributed by atoms with E-state index in [-0.39, 0.29) is 36.6 Å². The van der Waals surface area contributed by atoms with Crippen LogP contribution in [0.2, 0.25) is 0 Å². The van der Waals surface area contributed by atoms with Crippen molar-refractivity contribution in [3.8, 4) is 17.2 Å². The van der Waals surface area contributed by atoms with Gasteiger partial charge in [0.1, 0.15) is 24.3 Å². The van der Waals surface area contributed by atoms with Crippen LogP contribution < -0.4 is 10.2 Å². The molecule has 0 unspecified atom stereocenters. The van der Waals surface area contributed by atoms with Crippen LogP contribution >= 0.6 is 0 Å². The zero-order valence-electron chi connectivity index (χ0n) is 24.2. The van der Waals surface area contributed by atoms with E-state index in [4.69, 9.17) is 4.74 Å². The van der Waals surface area contributed by atoms with Gasteiger partial charge in [-0.3, -0.25) is 14.6 Å². The van der Waals surface area contributed by atoms with E-state index in [1.165, 1.54) is 12.4 Å². The maximum Gasteiger partial charge on any atom is 0.416 e. The number of hydrogen-bond acceptors (Lipinski definition) is 10. The van der Waals surface area contributed by atoms with E-state index in [9.17, 15) is 15.2 Å². The van der Waals surface area contributed by atoms with Gasteiger partial charge in [0.2, 0.25) is 5.95 Å². The molecule has 12 nitrogen and oxygen atoms in total. The maximum absolute atomic E-state index is 13.6. The topological polar surface area (TPSA) is 154 Å². The number of pyridine rings is 1. The van der Waals surface area contributed by atoms with Gasteiger partial charge in [-0.2, -0.15) is 10.4 Å². The highest BCUT2D eigenvalue weighted by Crippen LogP contribution is 2.31. The zero-order valence-corrected chi connectivity index (χ0v) is 24.2. The molecule has 0 spiro atoms. The third-order valence-electron chi connectivity index (χ3n) is 7.80. The fourth-order valence-corrected chi connectivity index (χ4v) is 5.49. The number of aryl methyl sites for hydroxylation is 1. The largest absolute Gasteiger partial charge is 0.506 e. The highest BCUT2D eigenvalue weighted by molar-refractivity contribution is 5.93. The molecule has 6 rings (SSSR count). The van der Waals surface area contributed by atoms with Gasteiger partial charge in [-0.1, -0.05) is 30.3 Å². The van der Waals surface area contributed by atoms with Crippen LogP contribution in [0, 0.1) is 11.3 Å². The maximum atomic E-state index is 13.6. The first-order valence-corrected chi connectivity index (χ1v) is 14.4. The van der Waals surface area contributed by atoms with Crippen LogP contribution in [-0.2, 0) is 18.4 Å². The van der Waals surface area contributed by atoms with E-state index < -0.39 is 6.09 Å². The average molecular weight is 590 g/mol. The number of aliphatic imine (C=N–C) groups is 1. The standard InChI is InChI=1S/C32H31N9O3/c1-40-19-24(16-37-40)22-7-12-29(35-14-22)41(32(43)44-20-21-5-3-2-4-6-21)26-10-8-25(9-11-26)38-31-36-15-23(13-33)30(39-31)27-17-34-18-28(27)42/h2-7,12,14-16,18-19,25-26,42H,8-11,17,20H2,1H3,(H,36,38,39)/t25-,26-. The zero-order chi connectivity index (χ0) is 30.5. The van der Waals surface area contributed by atoms with Gasteiger partial charge >= 0.3 is 6.09 Å². The van der Waals surface area contributed by atoms with Gasteiger partial charge in [-0.25, -0.2) is 19.7 Å². The second-order valence-corrected chi connectivity index (χ2v) is 10.8. The van der Waals surface area contributed by atoms with Crippen LogP contribution in [0.25, 0.3) is 16.7 Å². The molecule has 1 aliphatic heterocycles. The summed E-state index contributed by atoms with van der Waals surface area (Å²) in [6, 6.07) is 15.4. The van der Waals surface area contributed by atoms with Gasteiger partial charge < -0.3 is 15.2 Å². The third kappa shape index (κ3) is 6.27. The molecule has 1 aliphatic carbocycles. The number of anilines is 2. The summed E-state index contributed by atoms with van der Waals surface area (Å²) in [6.45, 7) is 0.422. The SMILES string of the molecule is Cn1cc(-c2ccc(N(C(=O)OCc3ccccc3)[C@H]3CC[C@H](Nc4ncc(C#N)c(C5=C(O)C=NC5)n4)CC3)nc2)cn1. The fourth-order valence-electron chi connectivity index (χ4n) is 5.49. The number of nitriles is 1. The van der Waals surface area contributed by atoms with Crippen molar-refractivity contribution in [3.63, 3.8) is 0 Å². The minimum Gasteiger partial charge on any atom is -0.506 e. The van der Waals surface area contributed by atoms with E-state index in [2.05, 4.69) is 36.4 Å². The molecule has 1 fully saturated rings. The quantitative estimate of drug-likeness (QED) is 0.287. The Bertz CT molecular complexity index is 1730. The summed E-state index contributed by atoms with van der Waals surface area (Å²) >= 11 is 0. The number of aromatic nitrogens is 5. The predicted molar refractivity (Wildman–Crippen MR) is 165 cm³/mol. The number of carbonyl (C=O) groups is 1. The lowest BCUT2D eigenvalue weighted by Crippen LogP contribution is -2.45. The molecule has 0 bridgehead atoms. The Morgan fingerprint density at radius 2 is 1.91 bits per heavy atom. The number of aliphatic hydroxyl groups excluding tert-OH is 1. The van der Waals surface area contributed by atoms with Gasteiger partial charge in [0.25, 0.3) is 0 Å². The molecule has 0 radical (unpaired) electrons. The van der Waals surface area contributed by atoms with Crippen molar-refractivity contribution < 1.29 is 14.6 Å². The summed E-state index contributed by atoms with van der Waals surface area (Å²) in [4.78, 5) is 32.8. The molecule has 44 heavy (non-hydrogen) atoms. The summed E-state index contributed by atoms with van der Waals surface area (Å²) in [5.74, 6) is 0.911. The molecule has 12 heteroatoms. The van der Waals surface area contributed by atoms with Crippen LogP contribution in [0.4, 0.5) is 16.6 Å². The van der Waals surface area contributed by atoms with Crippen molar-refractivity contribution in [2.45, 2.75) is 44.4 Å². The first kappa shape index (κ1) is 28.5. The number of aliphatic hydroxyl groups is 1. The second-order valence-electron chi connectivity index (χ2n) is 10.8. The number of allylic oxidation sites excluding steroid dienone is 1. The molecular formula is C32H31N9O3. The molecule has 222 valence electrons. The Morgan fingerprint density at radius 1 is 1.09 bits per heavy atom. The molecular weight excluding hydrogens is 558 g/mol. The number of amides is 1. The van der Waals surface area contributed by atoms with E-state index >= 15 is 0 Å². The summed E-state index contributed by atoms with van der Waals surface area (Å²) < 4.78 is 7.50. The molecule has 4 aromatic rings. The van der Waals surface area contributed by atoms with Crippen LogP contribution in [0.15, 0.2) is 78.0 Å². The van der Waals surface area contributed by atoms with Crippen LogP contribution in [0.1, 0.15) is 42.5 Å². The minimum atomic E-state index is -0.446. The van der Waals surface area contributed by atoms with Crippen LogP contribution in [0.3, 0.4) is 0 Å². The monoisotopic (exact) mass is 589 g/mol. The molecule has 3 aromatic heterocycles. The lowest BCUT2D eigenvalue weighted by atomic mass is 9.90. The first-order valence-electron chi connectivity index (χ1n) is 14.4. The van der Waals surface area contributed by atoms with Gasteiger partial charge in [0.15, 0.2) is 0 Å².